The standard InChI is InChI=1S/C15H22N4O2/c1-9-6-11-12(10(2)21-9)17-18-13(11)14(20)19(5)8-15(3,4)7-16/h9-10H,6,8H2,1-5H3,(H,17,18)/t9-,10+/m1/s1. The SMILES string of the molecule is C[C@@H]1Cc2c(C(=O)N(C)CC(C)(C)C#N)n[nH]c2[C@H](C)O1. The van der Waals surface area contributed by atoms with E-state index in [1.807, 2.05) is 27.7 Å². The molecule has 2 atom stereocenters. The molecule has 6 nitrogen and oxygen atoms in total. The van der Waals surface area contributed by atoms with Crippen LogP contribution in [0.4, 0.5) is 0 Å². The van der Waals surface area contributed by atoms with Crippen LogP contribution in [0, 0.1) is 16.7 Å². The first-order valence-corrected chi connectivity index (χ1v) is 7.14. The molecule has 6 heteroatoms. The maximum absolute atomic E-state index is 12.6. The molecule has 2 rings (SSSR count). The van der Waals surface area contributed by atoms with Crippen molar-refractivity contribution < 1.29 is 9.53 Å². The van der Waals surface area contributed by atoms with Crippen molar-refractivity contribution in [1.29, 1.82) is 5.26 Å². The maximum atomic E-state index is 12.6. The normalized spacial score (nSPS) is 21.5. The molecule has 2 heterocycles. The molecule has 0 fully saturated rings. The second kappa shape index (κ2) is 5.49. The third kappa shape index (κ3) is 3.08. The minimum atomic E-state index is -0.579. The Morgan fingerprint density at radius 2 is 2.24 bits per heavy atom. The van der Waals surface area contributed by atoms with Crippen molar-refractivity contribution in [3.05, 3.63) is 17.0 Å². The van der Waals surface area contributed by atoms with E-state index in [-0.39, 0.29) is 18.1 Å². The van der Waals surface area contributed by atoms with Crippen LogP contribution in [0.2, 0.25) is 0 Å². The molecule has 0 saturated heterocycles. The van der Waals surface area contributed by atoms with Gasteiger partial charge in [-0.15, -0.1) is 0 Å². The van der Waals surface area contributed by atoms with E-state index >= 15 is 0 Å². The summed E-state index contributed by atoms with van der Waals surface area (Å²) in [6.45, 7) is 7.93. The monoisotopic (exact) mass is 290 g/mol. The van der Waals surface area contributed by atoms with Gasteiger partial charge >= 0.3 is 0 Å². The number of carbonyl (C=O) groups is 1. The summed E-state index contributed by atoms with van der Waals surface area (Å²) in [5.74, 6) is -0.155. The van der Waals surface area contributed by atoms with Crippen molar-refractivity contribution in [1.82, 2.24) is 15.1 Å². The van der Waals surface area contributed by atoms with Gasteiger partial charge in [-0.1, -0.05) is 0 Å². The number of fused-ring (bicyclic) bond motifs is 1. The summed E-state index contributed by atoms with van der Waals surface area (Å²) < 4.78 is 5.72. The Labute approximate surface area is 125 Å². The molecular weight excluding hydrogens is 268 g/mol. The van der Waals surface area contributed by atoms with E-state index in [1.165, 1.54) is 0 Å². The molecule has 114 valence electrons. The Kier molecular flexibility index (Phi) is 4.06. The van der Waals surface area contributed by atoms with Crippen molar-refractivity contribution in [2.75, 3.05) is 13.6 Å². The van der Waals surface area contributed by atoms with Crippen LogP contribution in [-0.4, -0.2) is 40.7 Å². The minimum absolute atomic E-state index is 0.0671. The molecule has 1 aromatic heterocycles. The molecule has 1 aromatic rings. The van der Waals surface area contributed by atoms with Crippen LogP contribution in [0.5, 0.6) is 0 Å². The second-order valence-electron chi connectivity index (χ2n) is 6.41. The number of hydrogen-bond acceptors (Lipinski definition) is 4. The van der Waals surface area contributed by atoms with Gasteiger partial charge < -0.3 is 9.64 Å². The van der Waals surface area contributed by atoms with Gasteiger partial charge in [0.05, 0.1) is 29.4 Å². The Morgan fingerprint density at radius 1 is 1.57 bits per heavy atom. The highest BCUT2D eigenvalue weighted by molar-refractivity contribution is 5.94. The lowest BCUT2D eigenvalue weighted by atomic mass is 9.94. The van der Waals surface area contributed by atoms with E-state index in [0.717, 1.165) is 11.3 Å². The fraction of sp³-hybridized carbons (Fsp3) is 0.667. The largest absolute Gasteiger partial charge is 0.369 e. The zero-order chi connectivity index (χ0) is 15.8. The molecule has 0 spiro atoms. The lowest BCUT2D eigenvalue weighted by Gasteiger charge is -2.27. The molecule has 0 aromatic carbocycles. The zero-order valence-electron chi connectivity index (χ0n) is 13.2. The zero-order valence-corrected chi connectivity index (χ0v) is 13.2. The lowest BCUT2D eigenvalue weighted by molar-refractivity contribution is -0.00702. The molecule has 1 aliphatic rings. The van der Waals surface area contributed by atoms with Crippen molar-refractivity contribution >= 4 is 5.91 Å². The van der Waals surface area contributed by atoms with E-state index in [2.05, 4.69) is 16.3 Å². The summed E-state index contributed by atoms with van der Waals surface area (Å²) in [5.41, 5.74) is 1.69. The minimum Gasteiger partial charge on any atom is -0.369 e. The number of amides is 1. The van der Waals surface area contributed by atoms with Crippen LogP contribution in [0.3, 0.4) is 0 Å². The highest BCUT2D eigenvalue weighted by Crippen LogP contribution is 2.30. The van der Waals surface area contributed by atoms with Gasteiger partial charge in [0.2, 0.25) is 0 Å². The Hall–Kier alpha value is -1.87. The molecule has 0 bridgehead atoms. The average molecular weight is 290 g/mol. The molecule has 21 heavy (non-hydrogen) atoms. The van der Waals surface area contributed by atoms with Crippen LogP contribution < -0.4 is 0 Å². The van der Waals surface area contributed by atoms with Gasteiger partial charge in [0.1, 0.15) is 0 Å². The summed E-state index contributed by atoms with van der Waals surface area (Å²) in [6, 6.07) is 2.21. The number of rotatable bonds is 3. The van der Waals surface area contributed by atoms with E-state index in [1.54, 1.807) is 11.9 Å². The highest BCUT2D eigenvalue weighted by Gasteiger charge is 2.32. The summed E-state index contributed by atoms with van der Waals surface area (Å²) in [5, 5.41) is 16.2. The number of carbonyl (C=O) groups excluding carboxylic acids is 1. The van der Waals surface area contributed by atoms with Crippen molar-refractivity contribution in [3.8, 4) is 6.07 Å². The van der Waals surface area contributed by atoms with Gasteiger partial charge in [0.25, 0.3) is 5.91 Å². The van der Waals surface area contributed by atoms with Crippen LogP contribution in [-0.2, 0) is 11.2 Å². The van der Waals surface area contributed by atoms with E-state index in [9.17, 15) is 4.79 Å². The second-order valence-corrected chi connectivity index (χ2v) is 6.41. The van der Waals surface area contributed by atoms with Crippen molar-refractivity contribution in [3.63, 3.8) is 0 Å². The molecule has 1 N–H and O–H groups in total. The number of ether oxygens (including phenoxy) is 1. The summed E-state index contributed by atoms with van der Waals surface area (Å²) in [4.78, 5) is 14.1. The molecule has 0 radical (unpaired) electrons. The maximum Gasteiger partial charge on any atom is 0.274 e. The number of nitrogens with one attached hydrogen (secondary N) is 1. The Balaban J connectivity index is 2.24. The fourth-order valence-corrected chi connectivity index (χ4v) is 2.73. The average Bonchev–Trinajstić information content (AvgIpc) is 2.81. The third-order valence-electron chi connectivity index (χ3n) is 3.72. The molecule has 1 aliphatic heterocycles. The number of nitriles is 1. The lowest BCUT2D eigenvalue weighted by Crippen LogP contribution is -2.36. The Bertz CT molecular complexity index is 585. The highest BCUT2D eigenvalue weighted by atomic mass is 16.5. The van der Waals surface area contributed by atoms with Gasteiger partial charge in [-0.25, -0.2) is 0 Å². The first-order valence-electron chi connectivity index (χ1n) is 7.14. The van der Waals surface area contributed by atoms with E-state index < -0.39 is 5.41 Å². The number of nitrogens with zero attached hydrogens (tertiary/aromatic N) is 3. The predicted molar refractivity (Wildman–Crippen MR) is 77.6 cm³/mol. The van der Waals surface area contributed by atoms with Crippen LogP contribution in [0.15, 0.2) is 0 Å². The topological polar surface area (TPSA) is 82.0 Å². The van der Waals surface area contributed by atoms with Crippen molar-refractivity contribution in [2.45, 2.75) is 46.3 Å². The fourth-order valence-electron chi connectivity index (χ4n) is 2.73. The summed E-state index contributed by atoms with van der Waals surface area (Å²) in [7, 11) is 1.70. The quantitative estimate of drug-likeness (QED) is 0.923. The number of H-pyrrole nitrogens is 1. The molecular formula is C15H22N4O2. The number of aromatic nitrogens is 2. The van der Waals surface area contributed by atoms with Crippen LogP contribution >= 0.6 is 0 Å². The molecule has 1 amide bonds. The third-order valence-corrected chi connectivity index (χ3v) is 3.72. The van der Waals surface area contributed by atoms with Gasteiger partial charge in [0.15, 0.2) is 5.69 Å². The predicted octanol–water partition coefficient (Wildman–Crippen LogP) is 2.05. The molecule has 0 unspecified atom stereocenters. The van der Waals surface area contributed by atoms with E-state index in [0.29, 0.717) is 18.7 Å². The van der Waals surface area contributed by atoms with Crippen LogP contribution in [0.1, 0.15) is 55.5 Å². The smallest absolute Gasteiger partial charge is 0.274 e. The van der Waals surface area contributed by atoms with Crippen molar-refractivity contribution in [2.24, 2.45) is 5.41 Å². The summed E-state index contributed by atoms with van der Waals surface area (Å²) in [6.07, 6.45) is 0.656. The molecule has 0 aliphatic carbocycles. The van der Waals surface area contributed by atoms with Gasteiger partial charge in [-0.3, -0.25) is 9.89 Å². The number of hydrogen-bond donors (Lipinski definition) is 1. The first kappa shape index (κ1) is 15.5. The first-order chi connectivity index (χ1) is 9.75. The van der Waals surface area contributed by atoms with Crippen LogP contribution in [0.25, 0.3) is 0 Å². The van der Waals surface area contributed by atoms with Gasteiger partial charge in [-0.2, -0.15) is 10.4 Å². The van der Waals surface area contributed by atoms with E-state index in [4.69, 9.17) is 10.00 Å². The molecule has 0 saturated carbocycles. The van der Waals surface area contributed by atoms with Gasteiger partial charge in [-0.05, 0) is 27.7 Å². The Morgan fingerprint density at radius 3 is 2.86 bits per heavy atom. The summed E-state index contributed by atoms with van der Waals surface area (Å²) >= 11 is 0. The number of aromatic amines is 1. The van der Waals surface area contributed by atoms with Gasteiger partial charge in [0, 0.05) is 25.6 Å².